The molecule has 1 aliphatic heterocycles. The molecule has 1 aromatic rings. The second-order valence-corrected chi connectivity index (χ2v) is 6.24. The minimum atomic E-state index is 0.0757. The van der Waals surface area contributed by atoms with E-state index in [1.54, 1.807) is 0 Å². The van der Waals surface area contributed by atoms with Crippen molar-refractivity contribution in [2.24, 2.45) is 5.92 Å². The Morgan fingerprint density at radius 1 is 1.58 bits per heavy atom. The Labute approximate surface area is 122 Å². The number of aryl methyl sites for hydroxylation is 1. The Kier molecular flexibility index (Phi) is 4.45. The summed E-state index contributed by atoms with van der Waals surface area (Å²) in [5.74, 6) is 1.19. The normalized spacial score (nSPS) is 19.0. The van der Waals surface area contributed by atoms with Crippen molar-refractivity contribution in [3.63, 3.8) is 0 Å². The Bertz CT molecular complexity index is 476. The maximum absolute atomic E-state index is 11.9. The lowest BCUT2D eigenvalue weighted by Gasteiger charge is -2.19. The predicted octanol–water partition coefficient (Wildman–Crippen LogP) is 2.82. The SMILES string of the molecule is Cc1cc(NC2CCN(C(=O)C(C)C)C2)ncc1Br. The maximum atomic E-state index is 11.9. The fourth-order valence-corrected chi connectivity index (χ4v) is 2.49. The smallest absolute Gasteiger partial charge is 0.225 e. The van der Waals surface area contributed by atoms with Crippen molar-refractivity contribution in [1.82, 2.24) is 9.88 Å². The largest absolute Gasteiger partial charge is 0.365 e. The minimum Gasteiger partial charge on any atom is -0.365 e. The number of hydrogen-bond donors (Lipinski definition) is 1. The van der Waals surface area contributed by atoms with Crippen LogP contribution in [-0.2, 0) is 4.79 Å². The maximum Gasteiger partial charge on any atom is 0.225 e. The number of pyridine rings is 1. The van der Waals surface area contributed by atoms with Gasteiger partial charge in [-0.05, 0) is 40.9 Å². The van der Waals surface area contributed by atoms with Crippen LogP contribution in [0.3, 0.4) is 0 Å². The molecule has 4 nitrogen and oxygen atoms in total. The van der Waals surface area contributed by atoms with Gasteiger partial charge in [-0.3, -0.25) is 4.79 Å². The molecule has 104 valence electrons. The minimum absolute atomic E-state index is 0.0757. The molecule has 0 spiro atoms. The number of carbonyl (C=O) groups excluding carboxylic acids is 1. The third-order valence-electron chi connectivity index (χ3n) is 3.39. The number of amides is 1. The van der Waals surface area contributed by atoms with Gasteiger partial charge in [0.25, 0.3) is 0 Å². The lowest BCUT2D eigenvalue weighted by atomic mass is 10.2. The molecule has 1 aromatic heterocycles. The van der Waals surface area contributed by atoms with Gasteiger partial charge in [-0.2, -0.15) is 0 Å². The molecule has 19 heavy (non-hydrogen) atoms. The van der Waals surface area contributed by atoms with E-state index >= 15 is 0 Å². The Hall–Kier alpha value is -1.10. The number of halogens is 1. The second-order valence-electron chi connectivity index (χ2n) is 5.39. The molecule has 1 N–H and O–H groups in total. The van der Waals surface area contributed by atoms with E-state index in [1.165, 1.54) is 0 Å². The molecular weight excluding hydrogens is 306 g/mol. The molecule has 0 bridgehead atoms. The molecule has 1 saturated heterocycles. The summed E-state index contributed by atoms with van der Waals surface area (Å²) < 4.78 is 1.01. The first-order valence-corrected chi connectivity index (χ1v) is 7.44. The Balaban J connectivity index is 1.95. The number of hydrogen-bond acceptors (Lipinski definition) is 3. The zero-order chi connectivity index (χ0) is 14.0. The van der Waals surface area contributed by atoms with Crippen molar-refractivity contribution < 1.29 is 4.79 Å². The number of rotatable bonds is 3. The summed E-state index contributed by atoms with van der Waals surface area (Å²) in [6.07, 6.45) is 2.79. The number of anilines is 1. The molecule has 0 radical (unpaired) electrons. The van der Waals surface area contributed by atoms with Gasteiger partial charge in [-0.25, -0.2) is 4.98 Å². The summed E-state index contributed by atoms with van der Waals surface area (Å²) in [6, 6.07) is 2.33. The lowest BCUT2D eigenvalue weighted by molar-refractivity contribution is -0.133. The molecule has 0 aliphatic carbocycles. The lowest BCUT2D eigenvalue weighted by Crippen LogP contribution is -2.34. The molecule has 2 rings (SSSR count). The summed E-state index contributed by atoms with van der Waals surface area (Å²) in [5.41, 5.74) is 1.16. The van der Waals surface area contributed by atoms with Crippen LogP contribution in [0.2, 0.25) is 0 Å². The third kappa shape index (κ3) is 3.47. The van der Waals surface area contributed by atoms with Crippen LogP contribution in [-0.4, -0.2) is 34.9 Å². The fraction of sp³-hybridized carbons (Fsp3) is 0.571. The fourth-order valence-electron chi connectivity index (χ4n) is 2.27. The van der Waals surface area contributed by atoms with Gasteiger partial charge < -0.3 is 10.2 Å². The van der Waals surface area contributed by atoms with E-state index in [4.69, 9.17) is 0 Å². The van der Waals surface area contributed by atoms with Crippen molar-refractivity contribution >= 4 is 27.7 Å². The molecule has 2 heterocycles. The van der Waals surface area contributed by atoms with Gasteiger partial charge in [0.1, 0.15) is 5.82 Å². The zero-order valence-corrected chi connectivity index (χ0v) is 13.2. The van der Waals surface area contributed by atoms with Crippen LogP contribution in [0.25, 0.3) is 0 Å². The van der Waals surface area contributed by atoms with Gasteiger partial charge in [0.2, 0.25) is 5.91 Å². The summed E-state index contributed by atoms with van der Waals surface area (Å²) in [4.78, 5) is 18.2. The standard InChI is InChI=1S/C14H20BrN3O/c1-9(2)14(19)18-5-4-11(8-18)17-13-6-10(3)12(15)7-16-13/h6-7,9,11H,4-5,8H2,1-3H3,(H,16,17). The first kappa shape index (κ1) is 14.3. The van der Waals surface area contributed by atoms with Crippen molar-refractivity contribution in [3.05, 3.63) is 22.3 Å². The van der Waals surface area contributed by atoms with Crippen LogP contribution in [0, 0.1) is 12.8 Å². The van der Waals surface area contributed by atoms with Crippen LogP contribution in [0.4, 0.5) is 5.82 Å². The highest BCUT2D eigenvalue weighted by atomic mass is 79.9. The van der Waals surface area contributed by atoms with Crippen LogP contribution < -0.4 is 5.32 Å². The van der Waals surface area contributed by atoms with Crippen LogP contribution in [0.5, 0.6) is 0 Å². The topological polar surface area (TPSA) is 45.2 Å². The van der Waals surface area contributed by atoms with Gasteiger partial charge in [-0.15, -0.1) is 0 Å². The van der Waals surface area contributed by atoms with E-state index in [1.807, 2.05) is 37.9 Å². The average molecular weight is 326 g/mol. The quantitative estimate of drug-likeness (QED) is 0.929. The zero-order valence-electron chi connectivity index (χ0n) is 11.6. The van der Waals surface area contributed by atoms with Crippen molar-refractivity contribution in [3.8, 4) is 0 Å². The van der Waals surface area contributed by atoms with Gasteiger partial charge in [-0.1, -0.05) is 13.8 Å². The first-order valence-electron chi connectivity index (χ1n) is 6.65. The summed E-state index contributed by atoms with van der Waals surface area (Å²) in [7, 11) is 0. The molecular formula is C14H20BrN3O. The van der Waals surface area contributed by atoms with Crippen LogP contribution in [0.1, 0.15) is 25.8 Å². The highest BCUT2D eigenvalue weighted by molar-refractivity contribution is 9.10. The molecule has 0 aromatic carbocycles. The summed E-state index contributed by atoms with van der Waals surface area (Å²) >= 11 is 3.44. The van der Waals surface area contributed by atoms with Gasteiger partial charge in [0.15, 0.2) is 0 Å². The van der Waals surface area contributed by atoms with E-state index in [0.717, 1.165) is 35.4 Å². The van der Waals surface area contributed by atoms with E-state index in [0.29, 0.717) is 6.04 Å². The van der Waals surface area contributed by atoms with Crippen molar-refractivity contribution in [1.29, 1.82) is 0 Å². The van der Waals surface area contributed by atoms with E-state index in [9.17, 15) is 4.79 Å². The van der Waals surface area contributed by atoms with Crippen LogP contribution >= 0.6 is 15.9 Å². The molecule has 1 unspecified atom stereocenters. The Morgan fingerprint density at radius 2 is 2.32 bits per heavy atom. The molecule has 5 heteroatoms. The number of carbonyl (C=O) groups is 1. The number of aromatic nitrogens is 1. The molecule has 0 saturated carbocycles. The number of nitrogens with zero attached hydrogens (tertiary/aromatic N) is 2. The highest BCUT2D eigenvalue weighted by Crippen LogP contribution is 2.20. The van der Waals surface area contributed by atoms with Gasteiger partial charge in [0.05, 0.1) is 0 Å². The first-order chi connectivity index (χ1) is 8.97. The van der Waals surface area contributed by atoms with Crippen LogP contribution in [0.15, 0.2) is 16.7 Å². The van der Waals surface area contributed by atoms with E-state index in [-0.39, 0.29) is 11.8 Å². The molecule has 1 aliphatic rings. The second kappa shape index (κ2) is 5.90. The molecule has 1 fully saturated rings. The van der Waals surface area contributed by atoms with E-state index in [2.05, 4.69) is 26.2 Å². The molecule has 1 atom stereocenters. The summed E-state index contributed by atoms with van der Waals surface area (Å²) in [6.45, 7) is 7.55. The van der Waals surface area contributed by atoms with Gasteiger partial charge in [0, 0.05) is 35.7 Å². The van der Waals surface area contributed by atoms with E-state index < -0.39 is 0 Å². The predicted molar refractivity (Wildman–Crippen MR) is 80.1 cm³/mol. The monoisotopic (exact) mass is 325 g/mol. The number of likely N-dealkylation sites (tertiary alicyclic amines) is 1. The molecule has 1 amide bonds. The van der Waals surface area contributed by atoms with Crippen molar-refractivity contribution in [2.45, 2.75) is 33.2 Å². The highest BCUT2D eigenvalue weighted by Gasteiger charge is 2.27. The Morgan fingerprint density at radius 3 is 2.95 bits per heavy atom. The third-order valence-corrected chi connectivity index (χ3v) is 4.22. The average Bonchev–Trinajstić information content (AvgIpc) is 2.81. The van der Waals surface area contributed by atoms with Gasteiger partial charge >= 0.3 is 0 Å². The summed E-state index contributed by atoms with van der Waals surface area (Å²) in [5, 5.41) is 3.41. The number of nitrogens with one attached hydrogen (secondary N) is 1. The van der Waals surface area contributed by atoms with Crippen molar-refractivity contribution in [2.75, 3.05) is 18.4 Å².